The maximum absolute atomic E-state index is 13.5. The quantitative estimate of drug-likeness (QED) is 0.499. The average molecular weight is 411 g/mol. The number of amides is 1. The fourth-order valence-electron chi connectivity index (χ4n) is 3.49. The van der Waals surface area contributed by atoms with E-state index in [1.807, 2.05) is 25.1 Å². The highest BCUT2D eigenvalue weighted by Gasteiger charge is 2.18. The summed E-state index contributed by atoms with van der Waals surface area (Å²) in [4.78, 5) is 42.6. The van der Waals surface area contributed by atoms with Crippen LogP contribution in [0.5, 0.6) is 0 Å². The lowest BCUT2D eigenvalue weighted by Crippen LogP contribution is -2.27. The summed E-state index contributed by atoms with van der Waals surface area (Å²) >= 11 is 0. The number of rotatable bonds is 5. The van der Waals surface area contributed by atoms with Crippen molar-refractivity contribution in [3.05, 3.63) is 94.3 Å². The van der Waals surface area contributed by atoms with E-state index in [4.69, 9.17) is 0 Å². The van der Waals surface area contributed by atoms with E-state index in [9.17, 15) is 14.4 Å². The molecule has 0 bridgehead atoms. The van der Waals surface area contributed by atoms with Crippen molar-refractivity contribution in [2.75, 3.05) is 5.32 Å². The second-order valence-corrected chi connectivity index (χ2v) is 7.36. The van der Waals surface area contributed by atoms with Crippen molar-refractivity contribution < 1.29 is 9.59 Å². The lowest BCUT2D eigenvalue weighted by molar-refractivity contribution is -0.114. The fraction of sp³-hybridized carbons (Fsp3) is 0.120. The molecule has 1 N–H and O–H groups in total. The molecule has 0 saturated heterocycles. The van der Waals surface area contributed by atoms with Crippen molar-refractivity contribution in [2.45, 2.75) is 20.4 Å². The summed E-state index contributed by atoms with van der Waals surface area (Å²) < 4.78 is 1.45. The molecule has 6 heteroatoms. The molecule has 0 saturated carbocycles. The highest BCUT2D eigenvalue weighted by Crippen LogP contribution is 2.25. The first-order valence-electron chi connectivity index (χ1n) is 9.90. The van der Waals surface area contributed by atoms with Crippen molar-refractivity contribution in [1.29, 1.82) is 0 Å². The third kappa shape index (κ3) is 4.14. The molecule has 0 spiro atoms. The van der Waals surface area contributed by atoms with Gasteiger partial charge in [-0.05, 0) is 25.1 Å². The number of aryl methyl sites for hydroxylation is 1. The van der Waals surface area contributed by atoms with Crippen LogP contribution in [0.4, 0.5) is 5.69 Å². The number of carbonyl (C=O) groups is 2. The number of benzene rings is 3. The number of hydrogen-bond donors (Lipinski definition) is 1. The second kappa shape index (κ2) is 8.36. The highest BCUT2D eigenvalue weighted by molar-refractivity contribution is 5.97. The summed E-state index contributed by atoms with van der Waals surface area (Å²) in [7, 11) is 0. The Labute approximate surface area is 179 Å². The van der Waals surface area contributed by atoms with E-state index in [2.05, 4.69) is 10.3 Å². The monoisotopic (exact) mass is 411 g/mol. The lowest BCUT2D eigenvalue weighted by atomic mass is 10.1. The Bertz CT molecular complexity index is 1350. The average Bonchev–Trinajstić information content (AvgIpc) is 2.76. The van der Waals surface area contributed by atoms with Gasteiger partial charge in [-0.15, -0.1) is 0 Å². The molecule has 0 fully saturated rings. The van der Waals surface area contributed by atoms with Crippen LogP contribution in [0, 0.1) is 6.92 Å². The third-order valence-corrected chi connectivity index (χ3v) is 5.02. The number of fused-ring (bicyclic) bond motifs is 1. The van der Waals surface area contributed by atoms with Gasteiger partial charge >= 0.3 is 0 Å². The van der Waals surface area contributed by atoms with Crippen LogP contribution < -0.4 is 10.9 Å². The number of Topliss-reactive ketones (excluding diaryl/α,β-unsaturated/α-hetero) is 1. The smallest absolute Gasteiger partial charge is 0.278 e. The summed E-state index contributed by atoms with van der Waals surface area (Å²) in [5.41, 5.74) is 3.55. The molecule has 0 radical (unpaired) electrons. The van der Waals surface area contributed by atoms with Crippen LogP contribution in [0.3, 0.4) is 0 Å². The summed E-state index contributed by atoms with van der Waals surface area (Å²) in [5, 5.41) is 2.74. The van der Waals surface area contributed by atoms with Gasteiger partial charge < -0.3 is 5.32 Å². The van der Waals surface area contributed by atoms with Gasteiger partial charge in [-0.1, -0.05) is 60.2 Å². The number of ketones is 1. The van der Waals surface area contributed by atoms with Crippen LogP contribution in [0.2, 0.25) is 0 Å². The standard InChI is InChI=1S/C25H21N3O3/c1-16-11-13-18(14-12-16)23(30)15-28-22-10-6-5-9-21(22)27-24(25(28)31)19-7-3-4-8-20(19)26-17(2)29/h3-14H,15H2,1-2H3,(H,26,29). The molecule has 4 rings (SSSR count). The minimum absolute atomic E-state index is 0.111. The number of anilines is 1. The number of aromatic nitrogens is 2. The van der Waals surface area contributed by atoms with Gasteiger partial charge in [-0.25, -0.2) is 4.98 Å². The fourth-order valence-corrected chi connectivity index (χ4v) is 3.49. The van der Waals surface area contributed by atoms with Crippen LogP contribution in [0.15, 0.2) is 77.6 Å². The highest BCUT2D eigenvalue weighted by atomic mass is 16.2. The summed E-state index contributed by atoms with van der Waals surface area (Å²) in [6, 6.07) is 21.5. The Kier molecular flexibility index (Phi) is 5.45. The van der Waals surface area contributed by atoms with E-state index in [0.29, 0.717) is 27.8 Å². The number of nitrogens with one attached hydrogen (secondary N) is 1. The van der Waals surface area contributed by atoms with E-state index < -0.39 is 5.56 Å². The zero-order valence-electron chi connectivity index (χ0n) is 17.3. The molecule has 0 aliphatic heterocycles. The second-order valence-electron chi connectivity index (χ2n) is 7.36. The molecule has 0 aliphatic rings. The molecule has 31 heavy (non-hydrogen) atoms. The molecular weight excluding hydrogens is 390 g/mol. The summed E-state index contributed by atoms with van der Waals surface area (Å²) in [6.45, 7) is 3.25. The van der Waals surface area contributed by atoms with Gasteiger partial charge in [0, 0.05) is 18.1 Å². The molecule has 6 nitrogen and oxygen atoms in total. The largest absolute Gasteiger partial charge is 0.326 e. The van der Waals surface area contributed by atoms with Crippen molar-refractivity contribution >= 4 is 28.4 Å². The van der Waals surface area contributed by atoms with Crippen molar-refractivity contribution in [3.63, 3.8) is 0 Å². The maximum Gasteiger partial charge on any atom is 0.278 e. The predicted molar refractivity (Wildman–Crippen MR) is 121 cm³/mol. The molecule has 0 aliphatic carbocycles. The van der Waals surface area contributed by atoms with E-state index in [1.54, 1.807) is 54.6 Å². The molecule has 1 amide bonds. The first-order chi connectivity index (χ1) is 14.9. The number of para-hydroxylation sites is 3. The molecule has 0 unspecified atom stereocenters. The number of nitrogens with zero attached hydrogens (tertiary/aromatic N) is 2. The van der Waals surface area contributed by atoms with Gasteiger partial charge in [0.2, 0.25) is 5.91 Å². The van der Waals surface area contributed by atoms with Crippen LogP contribution in [-0.2, 0) is 11.3 Å². The van der Waals surface area contributed by atoms with Gasteiger partial charge in [0.1, 0.15) is 5.69 Å². The Morgan fingerprint density at radius 1 is 0.935 bits per heavy atom. The van der Waals surface area contributed by atoms with E-state index in [1.165, 1.54) is 11.5 Å². The van der Waals surface area contributed by atoms with E-state index in [0.717, 1.165) is 5.56 Å². The predicted octanol–water partition coefficient (Wildman–Crippen LogP) is 4.21. The molecule has 1 heterocycles. The minimum Gasteiger partial charge on any atom is -0.326 e. The zero-order chi connectivity index (χ0) is 22.0. The zero-order valence-corrected chi connectivity index (χ0v) is 17.3. The first-order valence-corrected chi connectivity index (χ1v) is 9.90. The number of hydrogen-bond acceptors (Lipinski definition) is 4. The molecule has 154 valence electrons. The van der Waals surface area contributed by atoms with Crippen LogP contribution >= 0.6 is 0 Å². The van der Waals surface area contributed by atoms with Gasteiger partial charge in [-0.2, -0.15) is 0 Å². The Balaban J connectivity index is 1.88. The van der Waals surface area contributed by atoms with Crippen LogP contribution in [0.1, 0.15) is 22.8 Å². The lowest BCUT2D eigenvalue weighted by Gasteiger charge is -2.14. The molecule has 0 atom stereocenters. The van der Waals surface area contributed by atoms with Gasteiger partial charge in [0.05, 0.1) is 23.3 Å². The summed E-state index contributed by atoms with van der Waals surface area (Å²) in [6.07, 6.45) is 0. The van der Waals surface area contributed by atoms with Crippen molar-refractivity contribution in [1.82, 2.24) is 9.55 Å². The SMILES string of the molecule is CC(=O)Nc1ccccc1-c1nc2ccccc2n(CC(=O)c2ccc(C)cc2)c1=O. The van der Waals surface area contributed by atoms with Crippen molar-refractivity contribution in [3.8, 4) is 11.3 Å². The Hall–Kier alpha value is -4.06. The minimum atomic E-state index is -0.392. The topological polar surface area (TPSA) is 81.1 Å². The van der Waals surface area contributed by atoms with Gasteiger partial charge in [-0.3, -0.25) is 19.0 Å². The van der Waals surface area contributed by atoms with Crippen LogP contribution in [-0.4, -0.2) is 21.2 Å². The normalized spacial score (nSPS) is 10.8. The first kappa shape index (κ1) is 20.2. The maximum atomic E-state index is 13.5. The Morgan fingerprint density at radius 2 is 1.61 bits per heavy atom. The van der Waals surface area contributed by atoms with Crippen LogP contribution in [0.25, 0.3) is 22.3 Å². The number of carbonyl (C=O) groups excluding carboxylic acids is 2. The van der Waals surface area contributed by atoms with Gasteiger partial charge in [0.25, 0.3) is 5.56 Å². The Morgan fingerprint density at radius 3 is 2.35 bits per heavy atom. The third-order valence-electron chi connectivity index (χ3n) is 5.02. The molecule has 1 aromatic heterocycles. The molecular formula is C25H21N3O3. The van der Waals surface area contributed by atoms with Gasteiger partial charge in [0.15, 0.2) is 5.78 Å². The van der Waals surface area contributed by atoms with Crippen molar-refractivity contribution in [2.24, 2.45) is 0 Å². The molecule has 3 aromatic carbocycles. The van der Waals surface area contributed by atoms with E-state index in [-0.39, 0.29) is 23.9 Å². The summed E-state index contributed by atoms with van der Waals surface area (Å²) in [5.74, 6) is -0.414. The molecule has 4 aromatic rings. The van der Waals surface area contributed by atoms with E-state index >= 15 is 0 Å².